The Bertz CT molecular complexity index is 593. The van der Waals surface area contributed by atoms with Crippen LogP contribution >= 0.6 is 0 Å². The molecular formula is C14H20O6S. The van der Waals surface area contributed by atoms with Gasteiger partial charge >= 0.3 is 16.1 Å². The van der Waals surface area contributed by atoms with E-state index >= 15 is 0 Å². The Morgan fingerprint density at radius 3 is 2.43 bits per heavy atom. The number of carbonyl (C=O) groups is 1. The van der Waals surface area contributed by atoms with Crippen molar-refractivity contribution >= 4 is 16.1 Å². The molecule has 0 bridgehead atoms. The van der Waals surface area contributed by atoms with Gasteiger partial charge in [0, 0.05) is 0 Å². The summed E-state index contributed by atoms with van der Waals surface area (Å²) in [5, 5.41) is -0.618. The first-order valence-corrected chi connectivity index (χ1v) is 8.02. The Morgan fingerprint density at radius 1 is 1.24 bits per heavy atom. The molecule has 1 aromatic rings. The van der Waals surface area contributed by atoms with E-state index in [1.807, 2.05) is 6.92 Å². The normalized spacial score (nSPS) is 12.6. The summed E-state index contributed by atoms with van der Waals surface area (Å²) in [6.07, 6.45) is 1.24. The number of rotatable bonds is 7. The molecule has 0 N–H and O–H groups in total. The predicted octanol–water partition coefficient (Wildman–Crippen LogP) is 2.38. The van der Waals surface area contributed by atoms with Gasteiger partial charge in [-0.1, -0.05) is 13.3 Å². The number of ether oxygens (including phenoxy) is 2. The van der Waals surface area contributed by atoms with E-state index in [2.05, 4.69) is 4.74 Å². The molecule has 0 unspecified atom stereocenters. The number of hydrogen-bond acceptors (Lipinski definition) is 6. The zero-order valence-corrected chi connectivity index (χ0v) is 13.4. The van der Waals surface area contributed by atoms with Crippen LogP contribution in [0.4, 0.5) is 0 Å². The third-order valence-electron chi connectivity index (χ3n) is 2.98. The van der Waals surface area contributed by atoms with Gasteiger partial charge in [0.1, 0.15) is 0 Å². The number of esters is 1. The first-order chi connectivity index (χ1) is 9.85. The summed E-state index contributed by atoms with van der Waals surface area (Å²) in [5.41, 5.74) is 0.251. The van der Waals surface area contributed by atoms with Gasteiger partial charge in [-0.3, -0.25) is 0 Å². The van der Waals surface area contributed by atoms with Crippen molar-refractivity contribution in [1.82, 2.24) is 0 Å². The molecular weight excluding hydrogens is 296 g/mol. The van der Waals surface area contributed by atoms with Gasteiger partial charge in [-0.05, 0) is 31.5 Å². The summed E-state index contributed by atoms with van der Waals surface area (Å²) in [5.74, 6) is -0.333. The van der Waals surface area contributed by atoms with Crippen LogP contribution in [0.3, 0.4) is 0 Å². The molecule has 0 saturated heterocycles. The van der Waals surface area contributed by atoms with Gasteiger partial charge in [0.05, 0.1) is 25.0 Å². The summed E-state index contributed by atoms with van der Waals surface area (Å²) in [7, 11) is -1.12. The summed E-state index contributed by atoms with van der Waals surface area (Å²) in [6, 6.07) is 4.17. The third kappa shape index (κ3) is 4.35. The van der Waals surface area contributed by atoms with Crippen molar-refractivity contribution in [3.05, 3.63) is 23.8 Å². The fraction of sp³-hybridized carbons (Fsp3) is 0.500. The third-order valence-corrected chi connectivity index (χ3v) is 4.61. The Labute approximate surface area is 125 Å². The molecule has 0 amide bonds. The van der Waals surface area contributed by atoms with Crippen LogP contribution in [0, 0.1) is 0 Å². The summed E-state index contributed by atoms with van der Waals surface area (Å²) in [4.78, 5) is 11.4. The molecule has 1 aromatic carbocycles. The van der Waals surface area contributed by atoms with Gasteiger partial charge in [0.25, 0.3) is 0 Å². The first kappa shape index (κ1) is 17.3. The van der Waals surface area contributed by atoms with E-state index < -0.39 is 21.3 Å². The summed E-state index contributed by atoms with van der Waals surface area (Å²) >= 11 is 0. The zero-order chi connectivity index (χ0) is 16.0. The van der Waals surface area contributed by atoms with Crippen LogP contribution in [-0.2, 0) is 14.9 Å². The quantitative estimate of drug-likeness (QED) is 0.567. The van der Waals surface area contributed by atoms with E-state index in [9.17, 15) is 13.2 Å². The van der Waals surface area contributed by atoms with Crippen molar-refractivity contribution in [2.24, 2.45) is 0 Å². The second kappa shape index (κ2) is 7.31. The molecule has 1 rings (SSSR count). The maximum absolute atomic E-state index is 12.1. The molecule has 1 atom stereocenters. The lowest BCUT2D eigenvalue weighted by Gasteiger charge is -2.15. The molecule has 0 aliphatic heterocycles. The molecule has 0 spiro atoms. The Kier molecular flexibility index (Phi) is 6.02. The van der Waals surface area contributed by atoms with Gasteiger partial charge in [0.2, 0.25) is 0 Å². The molecule has 0 radical (unpaired) electrons. The van der Waals surface area contributed by atoms with E-state index in [4.69, 9.17) is 8.92 Å². The van der Waals surface area contributed by atoms with Crippen LogP contribution in [0.25, 0.3) is 0 Å². The van der Waals surface area contributed by atoms with Gasteiger partial charge in [-0.15, -0.1) is 0 Å². The summed E-state index contributed by atoms with van der Waals surface area (Å²) in [6.45, 7) is 3.49. The molecule has 21 heavy (non-hydrogen) atoms. The van der Waals surface area contributed by atoms with Crippen molar-refractivity contribution in [3.63, 3.8) is 0 Å². The van der Waals surface area contributed by atoms with E-state index in [0.717, 1.165) is 6.42 Å². The van der Waals surface area contributed by atoms with Crippen LogP contribution in [0.1, 0.15) is 37.0 Å². The predicted molar refractivity (Wildman–Crippen MR) is 78.3 cm³/mol. The fourth-order valence-corrected chi connectivity index (χ4v) is 2.82. The van der Waals surface area contributed by atoms with Crippen LogP contribution < -0.4 is 8.92 Å². The van der Waals surface area contributed by atoms with Crippen molar-refractivity contribution in [2.75, 3.05) is 14.2 Å². The monoisotopic (exact) mass is 316 g/mol. The second-order valence-electron chi connectivity index (χ2n) is 4.53. The molecule has 0 aromatic heterocycles. The van der Waals surface area contributed by atoms with E-state index in [1.165, 1.54) is 32.4 Å². The number of carbonyl (C=O) groups excluding carboxylic acids is 1. The van der Waals surface area contributed by atoms with Crippen LogP contribution in [0.5, 0.6) is 11.5 Å². The fourth-order valence-electron chi connectivity index (χ4n) is 1.74. The molecule has 0 aliphatic carbocycles. The number of benzene rings is 1. The first-order valence-electron chi connectivity index (χ1n) is 6.55. The van der Waals surface area contributed by atoms with Crippen molar-refractivity contribution in [3.8, 4) is 11.5 Å². The number of methoxy groups -OCH3 is 2. The lowest BCUT2D eigenvalue weighted by Crippen LogP contribution is -2.23. The van der Waals surface area contributed by atoms with Gasteiger partial charge < -0.3 is 13.7 Å². The lowest BCUT2D eigenvalue weighted by molar-refractivity contribution is 0.0600. The molecule has 0 fully saturated rings. The number of hydrogen-bond donors (Lipinski definition) is 0. The van der Waals surface area contributed by atoms with Gasteiger partial charge in [-0.2, -0.15) is 8.42 Å². The van der Waals surface area contributed by atoms with Crippen molar-refractivity contribution in [2.45, 2.75) is 31.9 Å². The molecule has 0 heterocycles. The standard InChI is InChI=1S/C14H20O6S/c1-5-6-10(2)21(16,17)20-12-8-7-11(14(15)19-4)9-13(12)18-3/h7-10H,5-6H2,1-4H3/t10-/m0/s1. The molecule has 118 valence electrons. The van der Waals surface area contributed by atoms with E-state index in [-0.39, 0.29) is 17.1 Å². The van der Waals surface area contributed by atoms with Crippen molar-refractivity contribution < 1.29 is 26.9 Å². The highest BCUT2D eigenvalue weighted by Gasteiger charge is 2.24. The topological polar surface area (TPSA) is 78.9 Å². The average molecular weight is 316 g/mol. The van der Waals surface area contributed by atoms with Gasteiger partial charge in [-0.25, -0.2) is 4.79 Å². The maximum Gasteiger partial charge on any atom is 0.337 e. The molecule has 7 heteroatoms. The zero-order valence-electron chi connectivity index (χ0n) is 12.6. The minimum Gasteiger partial charge on any atom is -0.493 e. The SMILES string of the molecule is CCC[C@H](C)S(=O)(=O)Oc1ccc(C(=O)OC)cc1OC. The molecule has 0 aliphatic rings. The van der Waals surface area contributed by atoms with Crippen LogP contribution in [0.15, 0.2) is 18.2 Å². The highest BCUT2D eigenvalue weighted by atomic mass is 32.2. The smallest absolute Gasteiger partial charge is 0.337 e. The molecule has 0 saturated carbocycles. The highest BCUT2D eigenvalue weighted by molar-refractivity contribution is 7.87. The highest BCUT2D eigenvalue weighted by Crippen LogP contribution is 2.30. The van der Waals surface area contributed by atoms with Crippen LogP contribution in [0.2, 0.25) is 0 Å². The minimum atomic E-state index is -3.74. The maximum atomic E-state index is 12.1. The van der Waals surface area contributed by atoms with E-state index in [0.29, 0.717) is 6.42 Å². The second-order valence-corrected chi connectivity index (χ2v) is 6.49. The average Bonchev–Trinajstić information content (AvgIpc) is 2.46. The Hall–Kier alpha value is -1.76. The minimum absolute atomic E-state index is 0.0492. The molecule has 6 nitrogen and oxygen atoms in total. The van der Waals surface area contributed by atoms with Gasteiger partial charge in [0.15, 0.2) is 11.5 Å². The summed E-state index contributed by atoms with van der Waals surface area (Å²) < 4.78 is 38.9. The lowest BCUT2D eigenvalue weighted by atomic mass is 10.2. The van der Waals surface area contributed by atoms with Crippen molar-refractivity contribution in [1.29, 1.82) is 0 Å². The van der Waals surface area contributed by atoms with E-state index in [1.54, 1.807) is 6.92 Å². The largest absolute Gasteiger partial charge is 0.493 e. The van der Waals surface area contributed by atoms with Crippen LogP contribution in [-0.4, -0.2) is 33.9 Å². The Balaban J connectivity index is 3.06. The Morgan fingerprint density at radius 2 is 1.90 bits per heavy atom.